The third-order valence-corrected chi connectivity index (χ3v) is 5.91. The minimum atomic E-state index is 0.596. The smallest absolute Gasteiger partial charge is 0.161 e. The maximum atomic E-state index is 6.45. The Balaban J connectivity index is 1.69. The SMILES string of the molecule is CC[C@@H](C)CN(CC(C)C)c1ccc2nc(-c3cc(Cl)c4nc(C)cn4c3)ncc2c1. The zero-order chi connectivity index (χ0) is 22.1. The molecule has 0 fully saturated rings. The highest BCUT2D eigenvalue weighted by Gasteiger charge is 2.14. The lowest BCUT2D eigenvalue weighted by molar-refractivity contribution is 0.513. The average molecular weight is 436 g/mol. The Morgan fingerprint density at radius 3 is 2.61 bits per heavy atom. The molecule has 5 nitrogen and oxygen atoms in total. The molecule has 4 aromatic rings. The molecule has 1 atom stereocenters. The van der Waals surface area contributed by atoms with Crippen LogP contribution in [0.2, 0.25) is 5.02 Å². The van der Waals surface area contributed by atoms with Gasteiger partial charge in [-0.3, -0.25) is 0 Å². The summed E-state index contributed by atoms with van der Waals surface area (Å²) in [7, 11) is 0. The van der Waals surface area contributed by atoms with Crippen molar-refractivity contribution in [3.8, 4) is 11.4 Å². The molecule has 3 aromatic heterocycles. The van der Waals surface area contributed by atoms with Crippen LogP contribution in [0.3, 0.4) is 0 Å². The van der Waals surface area contributed by atoms with Gasteiger partial charge < -0.3 is 9.30 Å². The summed E-state index contributed by atoms with van der Waals surface area (Å²) in [5.41, 5.74) is 4.71. The number of imidazole rings is 1. The van der Waals surface area contributed by atoms with Crippen LogP contribution < -0.4 is 4.90 Å². The number of rotatable bonds is 7. The number of hydrogen-bond acceptors (Lipinski definition) is 4. The van der Waals surface area contributed by atoms with Crippen molar-refractivity contribution in [2.24, 2.45) is 11.8 Å². The molecule has 6 heteroatoms. The summed E-state index contributed by atoms with van der Waals surface area (Å²) in [6, 6.07) is 8.37. The molecule has 0 saturated carbocycles. The molecule has 4 rings (SSSR count). The normalized spacial score (nSPS) is 12.7. The lowest BCUT2D eigenvalue weighted by Gasteiger charge is -2.29. The highest BCUT2D eigenvalue weighted by molar-refractivity contribution is 6.33. The van der Waals surface area contributed by atoms with Crippen molar-refractivity contribution < 1.29 is 0 Å². The summed E-state index contributed by atoms with van der Waals surface area (Å²) in [6.07, 6.45) is 7.03. The van der Waals surface area contributed by atoms with Crippen LogP contribution in [-0.4, -0.2) is 32.4 Å². The fourth-order valence-electron chi connectivity index (χ4n) is 3.89. The Kier molecular flexibility index (Phi) is 6.15. The van der Waals surface area contributed by atoms with Crippen LogP contribution in [0.25, 0.3) is 27.9 Å². The summed E-state index contributed by atoms with van der Waals surface area (Å²) >= 11 is 6.45. The zero-order valence-corrected chi connectivity index (χ0v) is 19.7. The standard InChI is InChI=1S/C25H30ClN5/c1-6-17(4)13-30(12-16(2)3)21-7-8-23-19(9-21)11-27-24(29-23)20-10-22(26)25-28-18(5)14-31(25)15-20/h7-11,14-17H,6,12-13H2,1-5H3/t17-/m1/s1. The van der Waals surface area contributed by atoms with Crippen LogP contribution in [0.4, 0.5) is 5.69 Å². The molecule has 0 N–H and O–H groups in total. The van der Waals surface area contributed by atoms with Crippen molar-refractivity contribution in [3.63, 3.8) is 0 Å². The Morgan fingerprint density at radius 2 is 1.87 bits per heavy atom. The van der Waals surface area contributed by atoms with E-state index in [4.69, 9.17) is 16.6 Å². The second kappa shape index (κ2) is 8.83. The molecule has 1 aromatic carbocycles. The quantitative estimate of drug-likeness (QED) is 0.336. The molecule has 31 heavy (non-hydrogen) atoms. The highest BCUT2D eigenvalue weighted by Crippen LogP contribution is 2.27. The van der Waals surface area contributed by atoms with Gasteiger partial charge in [-0.1, -0.05) is 45.7 Å². The number of pyridine rings is 1. The van der Waals surface area contributed by atoms with Crippen molar-refractivity contribution in [1.29, 1.82) is 0 Å². The fourth-order valence-corrected chi connectivity index (χ4v) is 4.15. The third-order valence-electron chi connectivity index (χ3n) is 5.63. The first kappa shape index (κ1) is 21.6. The Labute approximate surface area is 189 Å². The minimum absolute atomic E-state index is 0.596. The molecule has 0 aliphatic carbocycles. The maximum Gasteiger partial charge on any atom is 0.161 e. The molecular weight excluding hydrogens is 406 g/mol. The van der Waals surface area contributed by atoms with E-state index in [1.54, 1.807) is 0 Å². The lowest BCUT2D eigenvalue weighted by Crippen LogP contribution is -2.31. The second-order valence-corrected chi connectivity index (χ2v) is 9.35. The Morgan fingerprint density at radius 1 is 1.06 bits per heavy atom. The molecule has 3 heterocycles. The van der Waals surface area contributed by atoms with Crippen molar-refractivity contribution in [1.82, 2.24) is 19.4 Å². The van der Waals surface area contributed by atoms with Crippen LogP contribution in [-0.2, 0) is 0 Å². The monoisotopic (exact) mass is 435 g/mol. The molecule has 0 unspecified atom stereocenters. The van der Waals surface area contributed by atoms with E-state index in [1.807, 2.05) is 36.0 Å². The van der Waals surface area contributed by atoms with Gasteiger partial charge >= 0.3 is 0 Å². The van der Waals surface area contributed by atoms with Crippen LogP contribution in [0.1, 0.15) is 39.8 Å². The molecular formula is C25H30ClN5. The first-order valence-electron chi connectivity index (χ1n) is 11.0. The molecule has 0 saturated heterocycles. The molecule has 0 bridgehead atoms. The van der Waals surface area contributed by atoms with Crippen LogP contribution in [0.5, 0.6) is 0 Å². The molecule has 0 amide bonds. The first-order valence-corrected chi connectivity index (χ1v) is 11.4. The van der Waals surface area contributed by atoms with E-state index < -0.39 is 0 Å². The molecule has 162 valence electrons. The predicted octanol–water partition coefficient (Wildman–Crippen LogP) is 6.41. The third kappa shape index (κ3) is 4.67. The number of fused-ring (bicyclic) bond motifs is 2. The summed E-state index contributed by atoms with van der Waals surface area (Å²) in [5, 5.41) is 1.64. The first-order chi connectivity index (χ1) is 14.8. The number of anilines is 1. The number of aromatic nitrogens is 4. The zero-order valence-electron chi connectivity index (χ0n) is 18.9. The van der Waals surface area contributed by atoms with E-state index in [0.717, 1.165) is 40.9 Å². The summed E-state index contributed by atoms with van der Waals surface area (Å²) in [4.78, 5) is 16.4. The maximum absolute atomic E-state index is 6.45. The van der Waals surface area contributed by atoms with E-state index in [1.165, 1.54) is 12.1 Å². The summed E-state index contributed by atoms with van der Waals surface area (Å²) < 4.78 is 1.93. The van der Waals surface area contributed by atoms with Gasteiger partial charge in [0.1, 0.15) is 0 Å². The fraction of sp³-hybridized carbons (Fsp3) is 0.400. The van der Waals surface area contributed by atoms with Gasteiger partial charge in [-0.15, -0.1) is 0 Å². The van der Waals surface area contributed by atoms with Crippen LogP contribution >= 0.6 is 11.6 Å². The summed E-state index contributed by atoms with van der Waals surface area (Å²) in [5.74, 6) is 1.92. The Bertz CT molecular complexity index is 1210. The molecule has 0 aliphatic heterocycles. The molecule has 0 radical (unpaired) electrons. The predicted molar refractivity (Wildman–Crippen MR) is 130 cm³/mol. The second-order valence-electron chi connectivity index (χ2n) is 8.94. The van der Waals surface area contributed by atoms with E-state index in [9.17, 15) is 0 Å². The number of hydrogen-bond donors (Lipinski definition) is 0. The van der Waals surface area contributed by atoms with Gasteiger partial charge in [0.25, 0.3) is 0 Å². The van der Waals surface area contributed by atoms with Gasteiger partial charge in [-0.25, -0.2) is 15.0 Å². The highest BCUT2D eigenvalue weighted by atomic mass is 35.5. The van der Waals surface area contributed by atoms with Gasteiger partial charge in [0.15, 0.2) is 11.5 Å². The topological polar surface area (TPSA) is 46.3 Å². The van der Waals surface area contributed by atoms with Crippen molar-refractivity contribution in [2.75, 3.05) is 18.0 Å². The lowest BCUT2D eigenvalue weighted by atomic mass is 10.1. The number of nitrogens with zero attached hydrogens (tertiary/aromatic N) is 5. The summed E-state index contributed by atoms with van der Waals surface area (Å²) in [6.45, 7) is 13.2. The average Bonchev–Trinajstić information content (AvgIpc) is 3.13. The van der Waals surface area contributed by atoms with E-state index in [-0.39, 0.29) is 0 Å². The van der Waals surface area contributed by atoms with Gasteiger partial charge in [-0.2, -0.15) is 0 Å². The molecule has 0 spiro atoms. The number of aryl methyl sites for hydroxylation is 1. The van der Waals surface area contributed by atoms with Crippen molar-refractivity contribution in [2.45, 2.75) is 41.0 Å². The van der Waals surface area contributed by atoms with Crippen LogP contribution in [0.15, 0.2) is 42.9 Å². The van der Waals surface area contributed by atoms with Gasteiger partial charge in [0.05, 0.1) is 16.2 Å². The minimum Gasteiger partial charge on any atom is -0.371 e. The van der Waals surface area contributed by atoms with Crippen molar-refractivity contribution >= 4 is 33.8 Å². The van der Waals surface area contributed by atoms with E-state index >= 15 is 0 Å². The van der Waals surface area contributed by atoms with Gasteiger partial charge in [0.2, 0.25) is 0 Å². The van der Waals surface area contributed by atoms with Crippen LogP contribution in [0, 0.1) is 18.8 Å². The largest absolute Gasteiger partial charge is 0.371 e. The Hall–Kier alpha value is -2.66. The van der Waals surface area contributed by atoms with E-state index in [2.05, 4.69) is 60.8 Å². The van der Waals surface area contributed by atoms with Crippen molar-refractivity contribution in [3.05, 3.63) is 53.6 Å². The van der Waals surface area contributed by atoms with Gasteiger partial charge in [-0.05, 0) is 43.0 Å². The van der Waals surface area contributed by atoms with E-state index in [0.29, 0.717) is 22.7 Å². The van der Waals surface area contributed by atoms with Gasteiger partial charge in [0, 0.05) is 48.3 Å². The number of halogens is 1. The number of benzene rings is 1. The molecule has 0 aliphatic rings.